The summed E-state index contributed by atoms with van der Waals surface area (Å²) in [6.45, 7) is 6.09. The number of hydrogen-bond acceptors (Lipinski definition) is 2. The van der Waals surface area contributed by atoms with Crippen LogP contribution in [0.2, 0.25) is 0 Å². The normalized spacial score (nSPS) is 26.4. The van der Waals surface area contributed by atoms with Crippen LogP contribution in [0.5, 0.6) is 0 Å². The predicted octanol–water partition coefficient (Wildman–Crippen LogP) is 3.65. The number of fused-ring (bicyclic) bond motifs is 2. The highest BCUT2D eigenvalue weighted by atomic mass is 19.1. The summed E-state index contributed by atoms with van der Waals surface area (Å²) in [6, 6.07) is 13.1. The number of halogens is 1. The van der Waals surface area contributed by atoms with Gasteiger partial charge in [0.25, 0.3) is 0 Å². The van der Waals surface area contributed by atoms with Crippen molar-refractivity contribution < 1.29 is 14.0 Å². The molecule has 2 heterocycles. The lowest BCUT2D eigenvalue weighted by Gasteiger charge is -2.47. The quantitative estimate of drug-likeness (QED) is 0.817. The van der Waals surface area contributed by atoms with Crippen LogP contribution in [0.1, 0.15) is 36.8 Å². The van der Waals surface area contributed by atoms with Gasteiger partial charge in [-0.2, -0.15) is 0 Å². The van der Waals surface area contributed by atoms with Gasteiger partial charge >= 0.3 is 0 Å². The van der Waals surface area contributed by atoms with E-state index in [1.54, 1.807) is 12.1 Å². The molecule has 0 bridgehead atoms. The van der Waals surface area contributed by atoms with Gasteiger partial charge in [-0.3, -0.25) is 9.59 Å². The fraction of sp³-hybridized carbons (Fsp3) is 0.273. The van der Waals surface area contributed by atoms with Gasteiger partial charge in [0.15, 0.2) is 0 Å². The van der Waals surface area contributed by atoms with E-state index in [0.29, 0.717) is 12.0 Å². The minimum atomic E-state index is -1.05. The first-order chi connectivity index (χ1) is 13.0. The van der Waals surface area contributed by atoms with Crippen molar-refractivity contribution in [2.75, 3.05) is 5.32 Å². The molecule has 0 aliphatic carbocycles. The van der Waals surface area contributed by atoms with E-state index in [-0.39, 0.29) is 24.1 Å². The van der Waals surface area contributed by atoms with Crippen molar-refractivity contribution in [2.24, 2.45) is 0 Å². The molecule has 0 saturated carbocycles. The van der Waals surface area contributed by atoms with Crippen LogP contribution in [0.15, 0.2) is 60.7 Å². The minimum absolute atomic E-state index is 0.110. The van der Waals surface area contributed by atoms with Gasteiger partial charge < -0.3 is 10.6 Å². The first-order valence-corrected chi connectivity index (χ1v) is 9.12. The fourth-order valence-corrected chi connectivity index (χ4v) is 4.55. The van der Waals surface area contributed by atoms with Crippen LogP contribution in [-0.2, 0) is 15.0 Å². The van der Waals surface area contributed by atoms with Gasteiger partial charge in [0.1, 0.15) is 11.2 Å². The van der Waals surface area contributed by atoms with Crippen LogP contribution in [0, 0.1) is 5.82 Å². The van der Waals surface area contributed by atoms with Gasteiger partial charge in [-0.15, -0.1) is 0 Å². The molecule has 2 aliphatic rings. The minimum Gasteiger partial charge on any atom is -0.348 e. The lowest BCUT2D eigenvalue weighted by Crippen LogP contribution is -2.62. The summed E-state index contributed by atoms with van der Waals surface area (Å²) >= 11 is 0. The monoisotopic (exact) mass is 364 g/mol. The van der Waals surface area contributed by atoms with E-state index in [4.69, 9.17) is 0 Å². The number of benzene rings is 2. The highest BCUT2D eigenvalue weighted by Crippen LogP contribution is 2.54. The van der Waals surface area contributed by atoms with E-state index < -0.39 is 17.4 Å². The van der Waals surface area contributed by atoms with E-state index in [1.807, 2.05) is 31.2 Å². The summed E-state index contributed by atoms with van der Waals surface area (Å²) in [6.07, 6.45) is 0.733. The lowest BCUT2D eigenvalue weighted by molar-refractivity contribution is -0.130. The molecule has 2 aromatic carbocycles. The first kappa shape index (κ1) is 17.5. The zero-order valence-corrected chi connectivity index (χ0v) is 15.1. The Labute approximate surface area is 157 Å². The SMILES string of the molecule is C=C(CC)C1NC(=O)CC(c2cccc(F)c2)C12C(=O)Nc1ccccc12. The van der Waals surface area contributed by atoms with Crippen LogP contribution in [-0.4, -0.2) is 17.9 Å². The maximum absolute atomic E-state index is 14.0. The number of carbonyl (C=O) groups is 2. The maximum atomic E-state index is 14.0. The zero-order valence-electron chi connectivity index (χ0n) is 15.1. The van der Waals surface area contributed by atoms with Crippen molar-refractivity contribution >= 4 is 17.5 Å². The molecule has 1 spiro atoms. The molecule has 3 atom stereocenters. The summed E-state index contributed by atoms with van der Waals surface area (Å²) in [7, 11) is 0. The van der Waals surface area contributed by atoms with Crippen molar-refractivity contribution in [3.63, 3.8) is 0 Å². The third-order valence-electron chi connectivity index (χ3n) is 5.81. The Hall–Kier alpha value is -2.95. The molecule has 4 rings (SSSR count). The Morgan fingerprint density at radius 3 is 2.74 bits per heavy atom. The molecule has 2 aromatic rings. The summed E-state index contributed by atoms with van der Waals surface area (Å²) in [4.78, 5) is 26.0. The fourth-order valence-electron chi connectivity index (χ4n) is 4.55. The smallest absolute Gasteiger partial charge is 0.238 e. The molecule has 27 heavy (non-hydrogen) atoms. The van der Waals surface area contributed by atoms with Gasteiger partial charge in [-0.1, -0.05) is 49.4 Å². The second-order valence-electron chi connectivity index (χ2n) is 7.19. The highest BCUT2D eigenvalue weighted by molar-refractivity contribution is 6.09. The summed E-state index contributed by atoms with van der Waals surface area (Å²) in [5.74, 6) is -1.21. The number of amides is 2. The van der Waals surface area contributed by atoms with Gasteiger partial charge in [-0.25, -0.2) is 4.39 Å². The van der Waals surface area contributed by atoms with Gasteiger partial charge in [0, 0.05) is 18.0 Å². The molecule has 3 unspecified atom stereocenters. The molecule has 1 fully saturated rings. The average molecular weight is 364 g/mol. The van der Waals surface area contributed by atoms with Crippen molar-refractivity contribution in [1.29, 1.82) is 0 Å². The number of carbonyl (C=O) groups excluding carboxylic acids is 2. The molecule has 1 saturated heterocycles. The van der Waals surface area contributed by atoms with Crippen molar-refractivity contribution in [3.8, 4) is 0 Å². The molecule has 2 amide bonds. The highest BCUT2D eigenvalue weighted by Gasteiger charge is 2.60. The van der Waals surface area contributed by atoms with Crippen LogP contribution >= 0.6 is 0 Å². The zero-order chi connectivity index (χ0) is 19.2. The van der Waals surface area contributed by atoms with Crippen molar-refractivity contribution in [3.05, 3.63) is 77.6 Å². The number of piperidine rings is 1. The Morgan fingerprint density at radius 2 is 2.00 bits per heavy atom. The van der Waals surface area contributed by atoms with Crippen molar-refractivity contribution in [1.82, 2.24) is 5.32 Å². The van der Waals surface area contributed by atoms with Crippen LogP contribution in [0.4, 0.5) is 10.1 Å². The molecule has 0 aromatic heterocycles. The van der Waals surface area contributed by atoms with Crippen molar-refractivity contribution in [2.45, 2.75) is 37.1 Å². The number of para-hydroxylation sites is 1. The van der Waals surface area contributed by atoms with E-state index in [1.165, 1.54) is 12.1 Å². The van der Waals surface area contributed by atoms with Gasteiger partial charge in [0.2, 0.25) is 11.8 Å². The Balaban J connectivity index is 2.00. The van der Waals surface area contributed by atoms with E-state index in [9.17, 15) is 14.0 Å². The summed E-state index contributed by atoms with van der Waals surface area (Å²) < 4.78 is 14.0. The van der Waals surface area contributed by atoms with Gasteiger partial charge in [-0.05, 0) is 35.7 Å². The average Bonchev–Trinajstić information content (AvgIpc) is 2.95. The molecule has 138 valence electrons. The molecule has 0 radical (unpaired) electrons. The standard InChI is InChI=1S/C22H21FN2O2/c1-3-13(2)20-22(16-9-4-5-10-18(16)24-21(22)27)17(12-19(26)25-20)14-7-6-8-15(23)11-14/h4-11,17,20H,2-3,12H2,1H3,(H,24,27)(H,25,26). The molecule has 2 N–H and O–H groups in total. The summed E-state index contributed by atoms with van der Waals surface area (Å²) in [5.41, 5.74) is 1.92. The number of hydrogen-bond donors (Lipinski definition) is 2. The Bertz CT molecular complexity index is 955. The predicted molar refractivity (Wildman–Crippen MR) is 102 cm³/mol. The molecule has 4 nitrogen and oxygen atoms in total. The molecule has 2 aliphatic heterocycles. The third-order valence-corrected chi connectivity index (χ3v) is 5.81. The van der Waals surface area contributed by atoms with Crippen LogP contribution < -0.4 is 10.6 Å². The van der Waals surface area contributed by atoms with E-state index in [2.05, 4.69) is 17.2 Å². The number of rotatable bonds is 3. The molecular formula is C22H21FN2O2. The number of anilines is 1. The second-order valence-corrected chi connectivity index (χ2v) is 7.19. The number of nitrogens with one attached hydrogen (secondary N) is 2. The summed E-state index contributed by atoms with van der Waals surface area (Å²) in [5, 5.41) is 5.96. The second kappa shape index (κ2) is 6.34. The Kier molecular flexibility index (Phi) is 4.10. The van der Waals surface area contributed by atoms with Crippen LogP contribution in [0.25, 0.3) is 0 Å². The van der Waals surface area contributed by atoms with Gasteiger partial charge in [0.05, 0.1) is 6.04 Å². The third kappa shape index (κ3) is 2.49. The lowest BCUT2D eigenvalue weighted by atomic mass is 9.59. The Morgan fingerprint density at radius 1 is 1.22 bits per heavy atom. The van der Waals surface area contributed by atoms with E-state index >= 15 is 0 Å². The van der Waals surface area contributed by atoms with E-state index in [0.717, 1.165) is 16.8 Å². The molecular weight excluding hydrogens is 343 g/mol. The first-order valence-electron chi connectivity index (χ1n) is 9.12. The largest absolute Gasteiger partial charge is 0.348 e. The topological polar surface area (TPSA) is 58.2 Å². The van der Waals surface area contributed by atoms with Crippen LogP contribution in [0.3, 0.4) is 0 Å². The molecule has 5 heteroatoms. The maximum Gasteiger partial charge on any atom is 0.238 e.